The van der Waals surface area contributed by atoms with Crippen molar-refractivity contribution < 1.29 is 0 Å². The third-order valence-corrected chi connectivity index (χ3v) is 31.2. The third kappa shape index (κ3) is 2.62. The molecule has 0 saturated heterocycles. The normalized spacial score (nSPS) is 11.7. The van der Waals surface area contributed by atoms with E-state index in [9.17, 15) is 0 Å². The maximum absolute atomic E-state index is 5.77. The van der Waals surface area contributed by atoms with Gasteiger partial charge in [0.2, 0.25) is 0 Å². The van der Waals surface area contributed by atoms with E-state index >= 15 is 0 Å². The Kier molecular flexibility index (Phi) is 5.17. The van der Waals surface area contributed by atoms with Crippen LogP contribution >= 0.6 is 17.9 Å². The molecule has 2 N–H and O–H groups in total. The van der Waals surface area contributed by atoms with Crippen molar-refractivity contribution in [2.45, 2.75) is 11.5 Å². The summed E-state index contributed by atoms with van der Waals surface area (Å²) in [6.45, 7) is 0.670. The van der Waals surface area contributed by atoms with E-state index in [4.69, 9.17) is 5.73 Å². The molecule has 0 aliphatic carbocycles. The van der Waals surface area contributed by atoms with Crippen molar-refractivity contribution >= 4 is 37.1 Å². The van der Waals surface area contributed by atoms with Crippen LogP contribution in [-0.2, 0) is 6.54 Å². The van der Waals surface area contributed by atoms with Crippen LogP contribution in [0, 0.1) is 0 Å². The van der Waals surface area contributed by atoms with Crippen LogP contribution in [0.5, 0.6) is 0 Å². The molecule has 0 aliphatic rings. The monoisotopic (exact) mass is 335 g/mol. The Bertz CT molecular complexity index is 300. The third-order valence-electron chi connectivity index (χ3n) is 2.51. The summed E-state index contributed by atoms with van der Waals surface area (Å²) in [7, 11) is 4.14. The maximum atomic E-state index is 5.77. The first kappa shape index (κ1) is 12.7. The van der Waals surface area contributed by atoms with Crippen LogP contribution < -0.4 is 9.31 Å². The second kappa shape index (κ2) is 5.68. The van der Waals surface area contributed by atoms with Gasteiger partial charge in [-0.05, 0) is 0 Å². The van der Waals surface area contributed by atoms with Crippen molar-refractivity contribution in [3.05, 3.63) is 29.8 Å². The Morgan fingerprint density at radius 2 is 1.79 bits per heavy atom. The van der Waals surface area contributed by atoms with Gasteiger partial charge in [0.1, 0.15) is 0 Å². The summed E-state index contributed by atoms with van der Waals surface area (Å²) in [6.07, 6.45) is 4.47. The fraction of sp³-hybridized carbons (Fsp3) is 0.400. The van der Waals surface area contributed by atoms with E-state index in [0.29, 0.717) is 6.54 Å². The molecule has 0 spiro atoms. The molecule has 0 aromatic heterocycles. The van der Waals surface area contributed by atoms with E-state index in [1.165, 1.54) is 5.56 Å². The van der Waals surface area contributed by atoms with Gasteiger partial charge in [0.05, 0.1) is 0 Å². The number of nitrogens with two attached hydrogens (primary N) is 1. The Morgan fingerprint density at radius 3 is 2.29 bits per heavy atom. The van der Waals surface area contributed by atoms with Crippen molar-refractivity contribution in [3.63, 3.8) is 0 Å². The van der Waals surface area contributed by atoms with Crippen molar-refractivity contribution in [1.29, 1.82) is 0 Å². The summed E-state index contributed by atoms with van der Waals surface area (Å²) in [5.74, 6) is 0. The van der Waals surface area contributed by atoms with E-state index in [1.54, 1.807) is 3.58 Å². The van der Waals surface area contributed by atoms with E-state index in [-0.39, 0.29) is 0 Å². The van der Waals surface area contributed by atoms with Gasteiger partial charge in [-0.25, -0.2) is 0 Å². The fourth-order valence-corrected chi connectivity index (χ4v) is 16.6. The zero-order chi connectivity index (χ0) is 10.6. The molecule has 1 aromatic rings. The second-order valence-corrected chi connectivity index (χ2v) is 30.6. The predicted molar refractivity (Wildman–Crippen MR) is 72.6 cm³/mol. The zero-order valence-electron chi connectivity index (χ0n) is 8.91. The minimum absolute atomic E-state index is 0.670. The molecule has 0 heterocycles. The fourth-order valence-electron chi connectivity index (χ4n) is 1.44. The van der Waals surface area contributed by atoms with Crippen molar-refractivity contribution in [2.24, 2.45) is 5.73 Å². The van der Waals surface area contributed by atoms with E-state index < -0.39 is 15.6 Å². The standard InChI is InChI=1S/C7H8N.2CH4S.CH3.Sn/c8-6-7-4-2-1-3-5-7;2*1-2;;/h1-4H,6,8H2;2*2H,1H3;1H3;/q;;;;+2/p-2. The van der Waals surface area contributed by atoms with Crippen LogP contribution in [0.1, 0.15) is 5.56 Å². The Balaban J connectivity index is 3.15. The van der Waals surface area contributed by atoms with Crippen LogP contribution in [0.3, 0.4) is 0 Å². The van der Waals surface area contributed by atoms with Gasteiger partial charge in [-0.2, -0.15) is 0 Å². The molecule has 1 aromatic carbocycles. The molecule has 0 amide bonds. The molecule has 78 valence electrons. The second-order valence-electron chi connectivity index (χ2n) is 3.22. The first-order valence-corrected chi connectivity index (χ1v) is 18.3. The quantitative estimate of drug-likeness (QED) is 0.855. The van der Waals surface area contributed by atoms with Crippen LogP contribution in [-0.4, -0.2) is 28.1 Å². The summed E-state index contributed by atoms with van der Waals surface area (Å²) in [5, 5.41) is 0. The number of benzene rings is 1. The van der Waals surface area contributed by atoms with Crippen LogP contribution in [0.4, 0.5) is 0 Å². The van der Waals surface area contributed by atoms with Gasteiger partial charge < -0.3 is 0 Å². The molecule has 0 aliphatic heterocycles. The van der Waals surface area contributed by atoms with Gasteiger partial charge >= 0.3 is 96.6 Å². The molecule has 1 nitrogen and oxygen atoms in total. The van der Waals surface area contributed by atoms with Crippen LogP contribution in [0.2, 0.25) is 4.94 Å². The molecule has 0 unspecified atom stereocenters. The molecule has 0 fully saturated rings. The summed E-state index contributed by atoms with van der Waals surface area (Å²) < 4.78 is 1.56. The Morgan fingerprint density at radius 1 is 1.21 bits per heavy atom. The van der Waals surface area contributed by atoms with Gasteiger partial charge in [-0.3, -0.25) is 0 Å². The van der Waals surface area contributed by atoms with E-state index in [1.807, 2.05) is 0 Å². The average Bonchev–Trinajstić information content (AvgIpc) is 2.28. The topological polar surface area (TPSA) is 26.0 Å². The van der Waals surface area contributed by atoms with E-state index in [0.717, 1.165) is 0 Å². The Hall–Kier alpha value is 0.679. The molecule has 0 radical (unpaired) electrons. The number of rotatable bonds is 4. The summed E-state index contributed by atoms with van der Waals surface area (Å²) in [4.78, 5) is 2.46. The van der Waals surface area contributed by atoms with Gasteiger partial charge in [0, 0.05) is 0 Å². The first-order chi connectivity index (χ1) is 6.68. The molecule has 1 rings (SSSR count). The summed E-state index contributed by atoms with van der Waals surface area (Å²) in [5.41, 5.74) is 7.11. The molecule has 0 atom stereocenters. The molecular weight excluding hydrogens is 317 g/mol. The van der Waals surface area contributed by atoms with Crippen molar-refractivity contribution in [2.75, 3.05) is 12.5 Å². The molecule has 0 saturated carbocycles. The number of hydrogen-bond acceptors (Lipinski definition) is 3. The Labute approximate surface area is 96.0 Å². The molecule has 14 heavy (non-hydrogen) atoms. The summed E-state index contributed by atoms with van der Waals surface area (Å²) >= 11 is -2.16. The average molecular weight is 334 g/mol. The first-order valence-electron chi connectivity index (χ1n) is 4.56. The van der Waals surface area contributed by atoms with Gasteiger partial charge in [0.25, 0.3) is 0 Å². The predicted octanol–water partition coefficient (Wildman–Crippen LogP) is 2.15. The van der Waals surface area contributed by atoms with Gasteiger partial charge in [0.15, 0.2) is 0 Å². The van der Waals surface area contributed by atoms with Crippen LogP contribution in [0.15, 0.2) is 24.3 Å². The zero-order valence-corrected chi connectivity index (χ0v) is 13.4. The molecule has 0 bridgehead atoms. The SMILES string of the molecule is C[S][Sn]([CH3])([S]C)[c]1ccccc1CN. The minimum atomic E-state index is -2.16. The molecule has 4 heteroatoms. The summed E-state index contributed by atoms with van der Waals surface area (Å²) in [6, 6.07) is 8.65. The van der Waals surface area contributed by atoms with Crippen molar-refractivity contribution in [3.8, 4) is 0 Å². The van der Waals surface area contributed by atoms with Crippen LogP contribution in [0.25, 0.3) is 0 Å². The van der Waals surface area contributed by atoms with Gasteiger partial charge in [-0.15, -0.1) is 0 Å². The van der Waals surface area contributed by atoms with E-state index in [2.05, 4.69) is 59.6 Å². The molecular formula is C10H17NS2Sn. The van der Waals surface area contributed by atoms with Gasteiger partial charge in [-0.1, -0.05) is 0 Å². The number of hydrogen-bond donors (Lipinski definition) is 1. The van der Waals surface area contributed by atoms with Crippen molar-refractivity contribution in [1.82, 2.24) is 0 Å².